The van der Waals surface area contributed by atoms with Crippen molar-refractivity contribution in [1.82, 2.24) is 14.3 Å². The SMILES string of the molecule is CCCN(OCC)C(=O)C1=Cc2ccc(-c3cccc(SN4CC(CN(C)C)C4)c3)cc2N=C(N)C1. The second-order valence-corrected chi connectivity index (χ2v) is 10.8. The van der Waals surface area contributed by atoms with Crippen LogP contribution in [0.15, 0.2) is 57.9 Å². The Bertz CT molecular complexity index is 1130. The lowest BCUT2D eigenvalue weighted by Crippen LogP contribution is -2.46. The molecule has 7 nitrogen and oxygen atoms in total. The average Bonchev–Trinajstić information content (AvgIpc) is 2.99. The lowest BCUT2D eigenvalue weighted by molar-refractivity contribution is -0.180. The quantitative estimate of drug-likeness (QED) is 0.367. The molecule has 1 amide bonds. The molecule has 0 spiro atoms. The Morgan fingerprint density at radius 2 is 1.94 bits per heavy atom. The number of carbonyl (C=O) groups is 1. The first-order chi connectivity index (χ1) is 17.4. The number of fused-ring (bicyclic) bond motifs is 1. The predicted molar refractivity (Wildman–Crippen MR) is 149 cm³/mol. The maximum Gasteiger partial charge on any atom is 0.273 e. The zero-order valence-corrected chi connectivity index (χ0v) is 22.6. The van der Waals surface area contributed by atoms with Crippen LogP contribution in [0.4, 0.5) is 5.69 Å². The highest BCUT2D eigenvalue weighted by atomic mass is 32.2. The zero-order chi connectivity index (χ0) is 25.7. The van der Waals surface area contributed by atoms with Gasteiger partial charge in [0.15, 0.2) is 0 Å². The molecule has 0 aliphatic carbocycles. The van der Waals surface area contributed by atoms with E-state index in [2.05, 4.69) is 64.7 Å². The number of aliphatic imine (C=N–C) groups is 1. The van der Waals surface area contributed by atoms with E-state index in [0.717, 1.165) is 54.4 Å². The second-order valence-electron chi connectivity index (χ2n) is 9.64. The molecule has 2 aliphatic rings. The highest BCUT2D eigenvalue weighted by Gasteiger charge is 2.28. The minimum Gasteiger partial charge on any atom is -0.387 e. The molecule has 2 heterocycles. The van der Waals surface area contributed by atoms with Crippen molar-refractivity contribution >= 4 is 35.5 Å². The van der Waals surface area contributed by atoms with Crippen molar-refractivity contribution in [2.24, 2.45) is 16.6 Å². The molecule has 2 aromatic carbocycles. The van der Waals surface area contributed by atoms with E-state index in [9.17, 15) is 4.79 Å². The van der Waals surface area contributed by atoms with Crippen LogP contribution in [-0.2, 0) is 9.63 Å². The number of amides is 1. The van der Waals surface area contributed by atoms with Gasteiger partial charge in [-0.05, 0) is 80.7 Å². The van der Waals surface area contributed by atoms with Crippen LogP contribution in [0.25, 0.3) is 17.2 Å². The molecule has 1 saturated heterocycles. The summed E-state index contributed by atoms with van der Waals surface area (Å²) < 4.78 is 2.42. The maximum atomic E-state index is 13.1. The van der Waals surface area contributed by atoms with Crippen molar-refractivity contribution in [3.05, 3.63) is 53.6 Å². The molecule has 0 bridgehead atoms. The van der Waals surface area contributed by atoms with Gasteiger partial charge in [0, 0.05) is 48.6 Å². The van der Waals surface area contributed by atoms with Crippen LogP contribution in [0.5, 0.6) is 0 Å². The molecule has 8 heteroatoms. The van der Waals surface area contributed by atoms with Crippen LogP contribution in [0, 0.1) is 5.92 Å². The van der Waals surface area contributed by atoms with Crippen molar-refractivity contribution in [3.8, 4) is 11.1 Å². The third-order valence-corrected chi connectivity index (χ3v) is 7.18. The summed E-state index contributed by atoms with van der Waals surface area (Å²) in [7, 11) is 4.27. The molecule has 192 valence electrons. The van der Waals surface area contributed by atoms with Crippen molar-refractivity contribution < 1.29 is 9.63 Å². The van der Waals surface area contributed by atoms with Gasteiger partial charge in [-0.1, -0.05) is 31.2 Å². The van der Waals surface area contributed by atoms with Crippen molar-refractivity contribution in [2.75, 3.05) is 46.9 Å². The smallest absolute Gasteiger partial charge is 0.273 e. The monoisotopic (exact) mass is 507 g/mol. The third-order valence-electron chi connectivity index (χ3n) is 6.16. The van der Waals surface area contributed by atoms with Gasteiger partial charge in [-0.3, -0.25) is 9.63 Å². The lowest BCUT2D eigenvalue weighted by Gasteiger charge is -2.39. The Morgan fingerprint density at radius 1 is 1.17 bits per heavy atom. The topological polar surface area (TPSA) is 74.4 Å². The number of rotatable bonds is 10. The zero-order valence-electron chi connectivity index (χ0n) is 21.7. The first kappa shape index (κ1) is 26.4. The number of benzene rings is 2. The summed E-state index contributed by atoms with van der Waals surface area (Å²) in [5.74, 6) is 1.01. The number of hydroxylamine groups is 2. The Labute approximate surface area is 219 Å². The van der Waals surface area contributed by atoms with Crippen molar-refractivity contribution in [1.29, 1.82) is 0 Å². The number of hydrogen-bond acceptors (Lipinski definition) is 7. The molecule has 4 rings (SSSR count). The van der Waals surface area contributed by atoms with E-state index in [1.54, 1.807) is 0 Å². The number of amidine groups is 1. The van der Waals surface area contributed by atoms with Crippen LogP contribution in [0.3, 0.4) is 0 Å². The largest absolute Gasteiger partial charge is 0.387 e. The average molecular weight is 508 g/mol. The van der Waals surface area contributed by atoms with E-state index in [1.165, 1.54) is 9.96 Å². The molecule has 0 saturated carbocycles. The van der Waals surface area contributed by atoms with E-state index in [0.29, 0.717) is 31.0 Å². The molecule has 0 unspecified atom stereocenters. The summed E-state index contributed by atoms with van der Waals surface area (Å²) >= 11 is 1.82. The Morgan fingerprint density at radius 3 is 2.67 bits per heavy atom. The van der Waals surface area contributed by atoms with Gasteiger partial charge in [-0.15, -0.1) is 0 Å². The second kappa shape index (κ2) is 12.1. The van der Waals surface area contributed by atoms with Gasteiger partial charge >= 0.3 is 0 Å². The van der Waals surface area contributed by atoms with E-state index in [4.69, 9.17) is 10.6 Å². The van der Waals surface area contributed by atoms with E-state index < -0.39 is 0 Å². The Kier molecular flexibility index (Phi) is 8.85. The van der Waals surface area contributed by atoms with Gasteiger partial charge in [0.2, 0.25) is 0 Å². The molecule has 0 aromatic heterocycles. The highest BCUT2D eigenvalue weighted by molar-refractivity contribution is 7.97. The molecular formula is C28H37N5O2S. The highest BCUT2D eigenvalue weighted by Crippen LogP contribution is 2.35. The van der Waals surface area contributed by atoms with Crippen LogP contribution in [0.1, 0.15) is 32.3 Å². The van der Waals surface area contributed by atoms with E-state index in [-0.39, 0.29) is 5.91 Å². The normalized spacial score (nSPS) is 16.1. The van der Waals surface area contributed by atoms with Gasteiger partial charge < -0.3 is 10.6 Å². The molecule has 0 atom stereocenters. The molecule has 2 aliphatic heterocycles. The third kappa shape index (κ3) is 6.56. The number of nitrogens with zero attached hydrogens (tertiary/aromatic N) is 4. The van der Waals surface area contributed by atoms with Crippen molar-refractivity contribution in [2.45, 2.75) is 31.6 Å². The summed E-state index contributed by atoms with van der Waals surface area (Å²) in [6.07, 6.45) is 3.01. The molecule has 36 heavy (non-hydrogen) atoms. The molecular weight excluding hydrogens is 470 g/mol. The summed E-state index contributed by atoms with van der Waals surface area (Å²) in [6.45, 7) is 8.25. The van der Waals surface area contributed by atoms with Gasteiger partial charge in [0.1, 0.15) is 5.84 Å². The summed E-state index contributed by atoms with van der Waals surface area (Å²) in [5, 5.41) is 1.43. The van der Waals surface area contributed by atoms with Crippen molar-refractivity contribution in [3.63, 3.8) is 0 Å². The fraction of sp³-hybridized carbons (Fsp3) is 0.429. The summed E-state index contributed by atoms with van der Waals surface area (Å²) in [5.41, 5.74) is 10.7. The number of nitrogens with two attached hydrogens (primary N) is 1. The molecule has 0 radical (unpaired) electrons. The Hall–Kier alpha value is -2.65. The first-order valence-electron chi connectivity index (χ1n) is 12.7. The van der Waals surface area contributed by atoms with Gasteiger partial charge in [0.05, 0.1) is 12.3 Å². The first-order valence-corrected chi connectivity index (χ1v) is 13.4. The maximum absolute atomic E-state index is 13.1. The molecule has 2 N–H and O–H groups in total. The van der Waals surface area contributed by atoms with Crippen LogP contribution >= 0.6 is 11.9 Å². The fourth-order valence-electron chi connectivity index (χ4n) is 4.56. The van der Waals surface area contributed by atoms with Crippen LogP contribution in [-0.4, -0.2) is 72.9 Å². The summed E-state index contributed by atoms with van der Waals surface area (Å²) in [6, 6.07) is 14.8. The predicted octanol–water partition coefficient (Wildman–Crippen LogP) is 4.82. The Balaban J connectivity index is 1.52. The molecule has 1 fully saturated rings. The van der Waals surface area contributed by atoms with Crippen LogP contribution in [0.2, 0.25) is 0 Å². The molecule has 2 aromatic rings. The van der Waals surface area contributed by atoms with E-state index >= 15 is 0 Å². The fourth-order valence-corrected chi connectivity index (χ4v) is 5.75. The lowest BCUT2D eigenvalue weighted by atomic mass is 10.0. The number of carbonyl (C=O) groups excluding carboxylic acids is 1. The van der Waals surface area contributed by atoms with Gasteiger partial charge in [-0.25, -0.2) is 14.4 Å². The standard InChI is InChI=1S/C28H37N5O2S/c1-5-12-33(35-6-2)28(34)24-13-23-11-10-22(15-26(23)30-27(29)16-24)21-8-7-9-25(14-21)36-32-18-20(19-32)17-31(3)4/h7-11,13-15,20H,5-6,12,16-19H2,1-4H3,(H2,29,30). The minimum atomic E-state index is -0.155. The van der Waals surface area contributed by atoms with Crippen LogP contribution < -0.4 is 5.73 Å². The number of hydrogen-bond donors (Lipinski definition) is 1. The minimum absolute atomic E-state index is 0.155. The van der Waals surface area contributed by atoms with Gasteiger partial charge in [-0.2, -0.15) is 0 Å². The van der Waals surface area contributed by atoms with Gasteiger partial charge in [0.25, 0.3) is 5.91 Å². The van der Waals surface area contributed by atoms with E-state index in [1.807, 2.05) is 37.9 Å². The summed E-state index contributed by atoms with van der Waals surface area (Å²) in [4.78, 5) is 26.8.